The Morgan fingerprint density at radius 1 is 1.32 bits per heavy atom. The number of carbonyl (C=O) groups is 1. The van der Waals surface area contributed by atoms with Crippen molar-refractivity contribution in [3.05, 3.63) is 35.9 Å². The Morgan fingerprint density at radius 2 is 2.00 bits per heavy atom. The van der Waals surface area contributed by atoms with E-state index in [1.54, 1.807) is 0 Å². The Balaban J connectivity index is 2.04. The van der Waals surface area contributed by atoms with Crippen molar-refractivity contribution in [2.24, 2.45) is 0 Å². The molecule has 22 heavy (non-hydrogen) atoms. The predicted octanol–water partition coefficient (Wildman–Crippen LogP) is 2.25. The largest absolute Gasteiger partial charge is 0.469 e. The fourth-order valence-corrected chi connectivity index (χ4v) is 2.79. The van der Waals surface area contributed by atoms with Gasteiger partial charge in [0.1, 0.15) is 6.10 Å². The summed E-state index contributed by atoms with van der Waals surface area (Å²) in [5.74, 6) is -0.890. The van der Waals surface area contributed by atoms with Gasteiger partial charge in [0.05, 0.1) is 19.6 Å². The molecule has 1 aliphatic heterocycles. The van der Waals surface area contributed by atoms with Crippen molar-refractivity contribution < 1.29 is 19.0 Å². The van der Waals surface area contributed by atoms with E-state index >= 15 is 0 Å². The van der Waals surface area contributed by atoms with Gasteiger partial charge in [0, 0.05) is 12.6 Å². The minimum atomic E-state index is -0.632. The molecule has 0 spiro atoms. The number of hydrogen-bond acceptors (Lipinski definition) is 5. The lowest BCUT2D eigenvalue weighted by atomic mass is 10.0. The number of hydrogen-bond donors (Lipinski definition) is 1. The molecule has 1 saturated heterocycles. The zero-order chi connectivity index (χ0) is 16.2. The SMILES string of the molecule is COC(=O)C[C@H](NCc1ccccc1)[C@H]1OC(C)(C)O[C@H]1C. The number of esters is 1. The van der Waals surface area contributed by atoms with Gasteiger partial charge in [-0.2, -0.15) is 0 Å². The van der Waals surface area contributed by atoms with Gasteiger partial charge < -0.3 is 19.5 Å². The van der Waals surface area contributed by atoms with Gasteiger partial charge in [-0.15, -0.1) is 0 Å². The molecule has 0 aliphatic carbocycles. The molecular weight excluding hydrogens is 282 g/mol. The summed E-state index contributed by atoms with van der Waals surface area (Å²) < 4.78 is 16.6. The number of ether oxygens (including phenoxy) is 3. The maximum absolute atomic E-state index is 11.7. The van der Waals surface area contributed by atoms with Crippen LogP contribution in [-0.2, 0) is 25.5 Å². The lowest BCUT2D eigenvalue weighted by Gasteiger charge is -2.26. The van der Waals surface area contributed by atoms with Gasteiger partial charge in [0.25, 0.3) is 0 Å². The summed E-state index contributed by atoms with van der Waals surface area (Å²) in [6.07, 6.45) is -0.0386. The molecule has 0 aromatic heterocycles. The molecule has 1 aliphatic rings. The molecule has 5 heteroatoms. The number of carbonyl (C=O) groups excluding carboxylic acids is 1. The van der Waals surface area contributed by atoms with E-state index in [4.69, 9.17) is 14.2 Å². The van der Waals surface area contributed by atoms with Crippen molar-refractivity contribution >= 4 is 5.97 Å². The average molecular weight is 307 g/mol. The third kappa shape index (κ3) is 4.53. The molecule has 0 bridgehead atoms. The highest BCUT2D eigenvalue weighted by atomic mass is 16.8. The minimum absolute atomic E-state index is 0.0899. The van der Waals surface area contributed by atoms with Gasteiger partial charge in [0.2, 0.25) is 0 Å². The first-order valence-electron chi connectivity index (χ1n) is 7.61. The summed E-state index contributed by atoms with van der Waals surface area (Å²) >= 11 is 0. The molecule has 0 unspecified atom stereocenters. The highest BCUT2D eigenvalue weighted by molar-refractivity contribution is 5.70. The summed E-state index contributed by atoms with van der Waals surface area (Å²) in [5, 5.41) is 3.41. The van der Waals surface area contributed by atoms with Crippen LogP contribution < -0.4 is 5.32 Å². The zero-order valence-corrected chi connectivity index (χ0v) is 13.7. The van der Waals surface area contributed by atoms with Gasteiger partial charge in [0.15, 0.2) is 5.79 Å². The number of rotatable bonds is 6. The molecule has 122 valence electrons. The molecule has 0 saturated carbocycles. The van der Waals surface area contributed by atoms with Crippen molar-refractivity contribution in [2.75, 3.05) is 7.11 Å². The van der Waals surface area contributed by atoms with Gasteiger partial charge in [-0.1, -0.05) is 30.3 Å². The summed E-state index contributed by atoms with van der Waals surface area (Å²) in [7, 11) is 1.40. The van der Waals surface area contributed by atoms with E-state index in [0.29, 0.717) is 6.54 Å². The first-order valence-corrected chi connectivity index (χ1v) is 7.61. The van der Waals surface area contributed by atoms with Crippen LogP contribution in [-0.4, -0.2) is 37.1 Å². The average Bonchev–Trinajstić information content (AvgIpc) is 2.77. The molecule has 5 nitrogen and oxygen atoms in total. The summed E-state index contributed by atoms with van der Waals surface area (Å²) in [5.41, 5.74) is 1.16. The third-order valence-corrected chi connectivity index (χ3v) is 3.77. The number of benzene rings is 1. The van der Waals surface area contributed by atoms with Gasteiger partial charge >= 0.3 is 5.97 Å². The van der Waals surface area contributed by atoms with Crippen LogP contribution in [0.2, 0.25) is 0 Å². The smallest absolute Gasteiger partial charge is 0.307 e. The van der Waals surface area contributed by atoms with E-state index in [-0.39, 0.29) is 30.6 Å². The van der Waals surface area contributed by atoms with Crippen molar-refractivity contribution in [1.29, 1.82) is 0 Å². The monoisotopic (exact) mass is 307 g/mol. The molecule has 1 heterocycles. The Labute approximate surface area is 131 Å². The lowest BCUT2D eigenvalue weighted by Crippen LogP contribution is -2.45. The highest BCUT2D eigenvalue weighted by Gasteiger charge is 2.43. The number of nitrogens with one attached hydrogen (secondary N) is 1. The predicted molar refractivity (Wildman–Crippen MR) is 83.2 cm³/mol. The zero-order valence-electron chi connectivity index (χ0n) is 13.7. The van der Waals surface area contributed by atoms with E-state index in [1.807, 2.05) is 51.1 Å². The summed E-state index contributed by atoms with van der Waals surface area (Å²) in [6.45, 7) is 6.40. The van der Waals surface area contributed by atoms with Crippen molar-refractivity contribution in [3.8, 4) is 0 Å². The van der Waals surface area contributed by atoms with Crippen molar-refractivity contribution in [3.63, 3.8) is 0 Å². The first-order chi connectivity index (χ1) is 10.4. The Bertz CT molecular complexity index is 489. The van der Waals surface area contributed by atoms with Gasteiger partial charge in [-0.05, 0) is 26.3 Å². The fraction of sp³-hybridized carbons (Fsp3) is 0.588. The van der Waals surface area contributed by atoms with Crippen LogP contribution in [0.1, 0.15) is 32.8 Å². The maximum Gasteiger partial charge on any atom is 0.307 e. The van der Waals surface area contributed by atoms with E-state index in [9.17, 15) is 4.79 Å². The Morgan fingerprint density at radius 3 is 2.55 bits per heavy atom. The van der Waals surface area contributed by atoms with Gasteiger partial charge in [-0.25, -0.2) is 0 Å². The highest BCUT2D eigenvalue weighted by Crippen LogP contribution is 2.30. The van der Waals surface area contributed by atoms with Crippen LogP contribution in [0.15, 0.2) is 30.3 Å². The third-order valence-electron chi connectivity index (χ3n) is 3.77. The quantitative estimate of drug-likeness (QED) is 0.817. The summed E-state index contributed by atoms with van der Waals surface area (Å²) in [4.78, 5) is 11.7. The molecule has 1 aromatic carbocycles. The lowest BCUT2D eigenvalue weighted by molar-refractivity contribution is -0.152. The van der Waals surface area contributed by atoms with Crippen molar-refractivity contribution in [2.45, 2.75) is 57.8 Å². The standard InChI is InChI=1S/C17H25NO4/c1-12-16(22-17(2,3)21-12)14(10-15(19)20-4)18-11-13-8-6-5-7-9-13/h5-9,12,14,16,18H,10-11H2,1-4H3/t12-,14-,16-/m0/s1. The second-order valence-electron chi connectivity index (χ2n) is 6.06. The van der Waals surface area contributed by atoms with Crippen LogP contribution in [0.4, 0.5) is 0 Å². The second-order valence-corrected chi connectivity index (χ2v) is 6.06. The molecule has 1 fully saturated rings. The van der Waals surface area contributed by atoms with E-state index < -0.39 is 5.79 Å². The second kappa shape index (κ2) is 7.22. The van der Waals surface area contributed by atoms with E-state index in [0.717, 1.165) is 5.56 Å². The summed E-state index contributed by atoms with van der Waals surface area (Å²) in [6, 6.07) is 9.89. The molecule has 1 N–H and O–H groups in total. The Hall–Kier alpha value is -1.43. The van der Waals surface area contributed by atoms with Crippen molar-refractivity contribution in [1.82, 2.24) is 5.32 Å². The normalized spacial score (nSPS) is 24.9. The molecule has 2 rings (SSSR count). The van der Waals surface area contributed by atoms with Crippen LogP contribution >= 0.6 is 0 Å². The Kier molecular flexibility index (Phi) is 5.56. The topological polar surface area (TPSA) is 56.8 Å². The van der Waals surface area contributed by atoms with Crippen LogP contribution in [0.3, 0.4) is 0 Å². The van der Waals surface area contributed by atoms with Crippen LogP contribution in [0, 0.1) is 0 Å². The molecule has 3 atom stereocenters. The molecule has 0 amide bonds. The van der Waals surface area contributed by atoms with Crippen LogP contribution in [0.5, 0.6) is 0 Å². The van der Waals surface area contributed by atoms with E-state index in [2.05, 4.69) is 5.32 Å². The minimum Gasteiger partial charge on any atom is -0.469 e. The number of methoxy groups -OCH3 is 1. The maximum atomic E-state index is 11.7. The van der Waals surface area contributed by atoms with E-state index in [1.165, 1.54) is 7.11 Å². The molecular formula is C17H25NO4. The van der Waals surface area contributed by atoms with Crippen LogP contribution in [0.25, 0.3) is 0 Å². The van der Waals surface area contributed by atoms with Gasteiger partial charge in [-0.3, -0.25) is 4.79 Å². The molecule has 0 radical (unpaired) electrons. The first kappa shape index (κ1) is 16.9. The molecule has 1 aromatic rings. The fourth-order valence-electron chi connectivity index (χ4n) is 2.79.